The highest BCUT2D eigenvalue weighted by molar-refractivity contribution is 5.44. The van der Waals surface area contributed by atoms with Gasteiger partial charge in [0.25, 0.3) is 0 Å². The molecule has 2 aromatic heterocycles. The topological polar surface area (TPSA) is 54.6 Å². The van der Waals surface area contributed by atoms with Gasteiger partial charge in [-0.1, -0.05) is 6.92 Å². The maximum absolute atomic E-state index is 14.4. The lowest BCUT2D eigenvalue weighted by Crippen LogP contribution is -2.36. The molecule has 4 heterocycles. The Bertz CT molecular complexity index is 1080. The number of piperidine rings is 1. The van der Waals surface area contributed by atoms with E-state index in [-0.39, 0.29) is 5.75 Å². The van der Waals surface area contributed by atoms with E-state index in [4.69, 9.17) is 19.1 Å². The molecule has 5 rings (SSSR count). The van der Waals surface area contributed by atoms with E-state index in [1.807, 2.05) is 12.1 Å². The Morgan fingerprint density at radius 1 is 1.12 bits per heavy atom. The van der Waals surface area contributed by atoms with Gasteiger partial charge in [-0.15, -0.1) is 0 Å². The van der Waals surface area contributed by atoms with E-state index in [1.54, 1.807) is 6.26 Å². The van der Waals surface area contributed by atoms with Crippen molar-refractivity contribution in [3.63, 3.8) is 0 Å². The Balaban J connectivity index is 1.47. The van der Waals surface area contributed by atoms with Crippen molar-refractivity contribution < 1.29 is 17.9 Å². The second-order valence-electron chi connectivity index (χ2n) is 8.64. The number of benzene rings is 1. The van der Waals surface area contributed by atoms with Gasteiger partial charge in [0, 0.05) is 38.7 Å². The molecule has 0 bridgehead atoms. The van der Waals surface area contributed by atoms with Gasteiger partial charge in [0.15, 0.2) is 11.6 Å². The lowest BCUT2D eigenvalue weighted by molar-refractivity contribution is 0.219. The Hall–Kier alpha value is -3.00. The van der Waals surface area contributed by atoms with Crippen molar-refractivity contribution >= 4 is 5.95 Å². The van der Waals surface area contributed by atoms with E-state index in [1.165, 1.54) is 12.1 Å². The summed E-state index contributed by atoms with van der Waals surface area (Å²) in [6, 6.07) is 7.11. The minimum atomic E-state index is -0.756. The molecule has 0 N–H and O–H groups in total. The first-order chi connectivity index (χ1) is 15.5. The number of rotatable bonds is 5. The Kier molecular flexibility index (Phi) is 5.78. The number of halogens is 2. The molecular weight excluding hydrogens is 414 g/mol. The van der Waals surface area contributed by atoms with Gasteiger partial charge >= 0.3 is 0 Å². The minimum absolute atomic E-state index is 0.0475. The van der Waals surface area contributed by atoms with Gasteiger partial charge in [0.1, 0.15) is 11.6 Å². The fourth-order valence-electron chi connectivity index (χ4n) is 4.28. The average molecular weight is 440 g/mol. The Morgan fingerprint density at radius 3 is 2.72 bits per heavy atom. The molecule has 0 radical (unpaired) electrons. The van der Waals surface area contributed by atoms with E-state index < -0.39 is 11.6 Å². The highest BCUT2D eigenvalue weighted by Crippen LogP contribution is 2.34. The van der Waals surface area contributed by atoms with E-state index in [0.717, 1.165) is 62.0 Å². The highest BCUT2D eigenvalue weighted by atomic mass is 19.1. The number of hydrogen-bond acceptors (Lipinski definition) is 6. The monoisotopic (exact) mass is 440 g/mol. The van der Waals surface area contributed by atoms with Crippen LogP contribution in [0, 0.1) is 17.6 Å². The zero-order valence-corrected chi connectivity index (χ0v) is 18.1. The third-order valence-corrected chi connectivity index (χ3v) is 6.22. The predicted molar refractivity (Wildman–Crippen MR) is 116 cm³/mol. The van der Waals surface area contributed by atoms with Crippen LogP contribution in [-0.4, -0.2) is 34.5 Å². The molecule has 1 fully saturated rings. The molecule has 3 aromatic rings. The first-order valence-corrected chi connectivity index (χ1v) is 11.1. The second-order valence-corrected chi connectivity index (χ2v) is 8.64. The molecule has 6 nitrogen and oxygen atoms in total. The first-order valence-electron chi connectivity index (χ1n) is 11.1. The smallest absolute Gasteiger partial charge is 0.229 e. The molecule has 2 aliphatic rings. The maximum atomic E-state index is 14.4. The molecule has 168 valence electrons. The van der Waals surface area contributed by atoms with Crippen molar-refractivity contribution in [2.24, 2.45) is 5.92 Å². The molecule has 0 atom stereocenters. The molecular formula is C24H26F2N4O2. The molecule has 0 amide bonds. The fourth-order valence-corrected chi connectivity index (χ4v) is 4.28. The number of hydrogen-bond donors (Lipinski definition) is 0. The molecule has 0 saturated carbocycles. The SMILES string of the molecule is CC1CCN(c2nc3c(c(Oc4ccc(F)cc4F)n2)CN(Cc2ccco2)CC3)CC1. The number of fused-ring (bicyclic) bond motifs is 1. The minimum Gasteiger partial charge on any atom is -0.468 e. The van der Waals surface area contributed by atoms with Crippen LogP contribution in [0.3, 0.4) is 0 Å². The van der Waals surface area contributed by atoms with Gasteiger partial charge in [0.2, 0.25) is 11.8 Å². The van der Waals surface area contributed by atoms with Crippen LogP contribution in [0.1, 0.15) is 36.8 Å². The van der Waals surface area contributed by atoms with Gasteiger partial charge in [-0.2, -0.15) is 4.98 Å². The van der Waals surface area contributed by atoms with Crippen LogP contribution in [0.4, 0.5) is 14.7 Å². The largest absolute Gasteiger partial charge is 0.468 e. The van der Waals surface area contributed by atoms with Crippen molar-refractivity contribution in [2.75, 3.05) is 24.5 Å². The van der Waals surface area contributed by atoms with Crippen molar-refractivity contribution in [1.29, 1.82) is 0 Å². The summed E-state index contributed by atoms with van der Waals surface area (Å²) in [6.07, 6.45) is 4.56. The van der Waals surface area contributed by atoms with E-state index in [9.17, 15) is 8.78 Å². The molecule has 0 spiro atoms. The second kappa shape index (κ2) is 8.86. The summed E-state index contributed by atoms with van der Waals surface area (Å²) in [7, 11) is 0. The number of ether oxygens (including phenoxy) is 1. The van der Waals surface area contributed by atoms with E-state index >= 15 is 0 Å². The summed E-state index contributed by atoms with van der Waals surface area (Å²) in [6.45, 7) is 6.06. The van der Waals surface area contributed by atoms with Gasteiger partial charge in [-0.3, -0.25) is 4.90 Å². The van der Waals surface area contributed by atoms with Crippen LogP contribution < -0.4 is 9.64 Å². The van der Waals surface area contributed by atoms with Crippen molar-refractivity contribution in [3.05, 3.63) is 65.2 Å². The lowest BCUT2D eigenvalue weighted by Gasteiger charge is -2.33. The van der Waals surface area contributed by atoms with Gasteiger partial charge in [-0.05, 0) is 43.0 Å². The van der Waals surface area contributed by atoms with Crippen molar-refractivity contribution in [1.82, 2.24) is 14.9 Å². The first kappa shape index (κ1) is 20.9. The number of anilines is 1. The Morgan fingerprint density at radius 2 is 1.97 bits per heavy atom. The van der Waals surface area contributed by atoms with Crippen LogP contribution in [0.2, 0.25) is 0 Å². The van der Waals surface area contributed by atoms with Gasteiger partial charge in [0.05, 0.1) is 24.1 Å². The summed E-state index contributed by atoms with van der Waals surface area (Å²) in [5.41, 5.74) is 1.75. The number of aromatic nitrogens is 2. The average Bonchev–Trinajstić information content (AvgIpc) is 3.29. The molecule has 2 aliphatic heterocycles. The normalized spacial score (nSPS) is 17.4. The molecule has 8 heteroatoms. The number of nitrogens with zero attached hydrogens (tertiary/aromatic N) is 4. The lowest BCUT2D eigenvalue weighted by atomic mass is 9.99. The van der Waals surface area contributed by atoms with Crippen molar-refractivity contribution in [3.8, 4) is 11.6 Å². The number of furan rings is 1. The van der Waals surface area contributed by atoms with Crippen LogP contribution >= 0.6 is 0 Å². The predicted octanol–water partition coefficient (Wildman–Crippen LogP) is 4.93. The van der Waals surface area contributed by atoms with E-state index in [0.29, 0.717) is 30.8 Å². The van der Waals surface area contributed by atoms with Crippen LogP contribution in [0.15, 0.2) is 41.0 Å². The van der Waals surface area contributed by atoms with Crippen LogP contribution in [-0.2, 0) is 19.5 Å². The van der Waals surface area contributed by atoms with Gasteiger partial charge < -0.3 is 14.1 Å². The zero-order valence-electron chi connectivity index (χ0n) is 18.1. The summed E-state index contributed by atoms with van der Waals surface area (Å²) in [5, 5.41) is 0. The molecule has 1 aromatic carbocycles. The zero-order chi connectivity index (χ0) is 22.1. The maximum Gasteiger partial charge on any atom is 0.229 e. The summed E-state index contributed by atoms with van der Waals surface area (Å²) in [5.74, 6) is 1.06. The molecule has 0 aliphatic carbocycles. The summed E-state index contributed by atoms with van der Waals surface area (Å²) >= 11 is 0. The van der Waals surface area contributed by atoms with Crippen molar-refractivity contribution in [2.45, 2.75) is 39.3 Å². The highest BCUT2D eigenvalue weighted by Gasteiger charge is 2.27. The molecule has 32 heavy (non-hydrogen) atoms. The summed E-state index contributed by atoms with van der Waals surface area (Å²) < 4.78 is 39.2. The summed E-state index contributed by atoms with van der Waals surface area (Å²) in [4.78, 5) is 14.0. The van der Waals surface area contributed by atoms with Crippen LogP contribution in [0.25, 0.3) is 0 Å². The Labute approximate surface area is 185 Å². The molecule has 0 unspecified atom stereocenters. The standard InChI is InChI=1S/C24H26F2N4O2/c1-16-6-10-30(11-7-16)24-27-21-8-9-29(14-18-3-2-12-31-18)15-19(21)23(28-24)32-22-5-4-17(25)13-20(22)26/h2-5,12-13,16H,6-11,14-15H2,1H3. The third-order valence-electron chi connectivity index (χ3n) is 6.22. The van der Waals surface area contributed by atoms with Crippen LogP contribution in [0.5, 0.6) is 11.6 Å². The quantitative estimate of drug-likeness (QED) is 0.561. The molecule has 1 saturated heterocycles. The van der Waals surface area contributed by atoms with Gasteiger partial charge in [-0.25, -0.2) is 13.8 Å². The van der Waals surface area contributed by atoms with E-state index in [2.05, 4.69) is 16.7 Å². The third kappa shape index (κ3) is 4.46. The fraction of sp³-hybridized carbons (Fsp3) is 0.417.